The summed E-state index contributed by atoms with van der Waals surface area (Å²) in [5.74, 6) is 2.62. The van der Waals surface area contributed by atoms with Gasteiger partial charge in [-0.25, -0.2) is 0 Å². The summed E-state index contributed by atoms with van der Waals surface area (Å²) in [5.41, 5.74) is 1.11. The molecule has 0 N–H and O–H groups in total. The van der Waals surface area contributed by atoms with Gasteiger partial charge in [-0.2, -0.15) is 0 Å². The molecule has 1 spiro atoms. The molecule has 0 radical (unpaired) electrons. The number of aromatic nitrogens is 2. The van der Waals surface area contributed by atoms with Crippen molar-refractivity contribution < 1.29 is 18.7 Å². The van der Waals surface area contributed by atoms with Crippen molar-refractivity contribution in [1.29, 1.82) is 0 Å². The number of amides is 1. The second kappa shape index (κ2) is 8.76. The van der Waals surface area contributed by atoms with Gasteiger partial charge < -0.3 is 18.8 Å². The molecule has 1 aromatic heterocycles. The Labute approximate surface area is 177 Å². The molecule has 2 aromatic rings. The Morgan fingerprint density at radius 2 is 1.97 bits per heavy atom. The minimum Gasteiger partial charge on any atom is -0.497 e. The first-order chi connectivity index (χ1) is 14.5. The van der Waals surface area contributed by atoms with E-state index in [4.69, 9.17) is 13.9 Å². The Morgan fingerprint density at radius 1 is 1.23 bits per heavy atom. The lowest BCUT2D eigenvalue weighted by Gasteiger charge is -2.36. The Morgan fingerprint density at radius 3 is 2.60 bits per heavy atom. The normalized spacial score (nSPS) is 20.8. The number of hydrogen-bond acceptors (Lipinski definition) is 6. The highest BCUT2D eigenvalue weighted by molar-refractivity contribution is 5.77. The molecule has 2 aliphatic heterocycles. The first-order valence-corrected chi connectivity index (χ1v) is 10.8. The lowest BCUT2D eigenvalue weighted by molar-refractivity contribution is -0.130. The average Bonchev–Trinajstić information content (AvgIpc) is 3.38. The van der Waals surface area contributed by atoms with E-state index in [2.05, 4.69) is 10.2 Å². The summed E-state index contributed by atoms with van der Waals surface area (Å²) in [7, 11) is 1.65. The van der Waals surface area contributed by atoms with E-state index >= 15 is 0 Å². The van der Waals surface area contributed by atoms with Gasteiger partial charge in [0, 0.05) is 44.1 Å². The Bertz CT molecular complexity index is 856. The van der Waals surface area contributed by atoms with Crippen molar-refractivity contribution in [2.75, 3.05) is 33.4 Å². The number of ether oxygens (including phenoxy) is 2. The second-order valence-electron chi connectivity index (χ2n) is 8.78. The monoisotopic (exact) mass is 413 g/mol. The highest BCUT2D eigenvalue weighted by Crippen LogP contribution is 2.49. The van der Waals surface area contributed by atoms with Crippen LogP contribution in [0.4, 0.5) is 0 Å². The third-order valence-corrected chi connectivity index (χ3v) is 6.52. The van der Waals surface area contributed by atoms with Crippen LogP contribution >= 0.6 is 0 Å². The molecule has 2 saturated heterocycles. The summed E-state index contributed by atoms with van der Waals surface area (Å²) in [4.78, 5) is 15.1. The third kappa shape index (κ3) is 4.21. The average molecular weight is 414 g/mol. The van der Waals surface area contributed by atoms with Gasteiger partial charge in [-0.1, -0.05) is 26.0 Å². The van der Waals surface area contributed by atoms with Crippen LogP contribution in [0.15, 0.2) is 28.7 Å². The number of likely N-dealkylation sites (tertiary alicyclic amines) is 1. The van der Waals surface area contributed by atoms with Crippen molar-refractivity contribution >= 4 is 5.91 Å². The molecule has 0 saturated carbocycles. The molecule has 1 unspecified atom stereocenters. The number of nitrogens with zero attached hydrogens (tertiary/aromatic N) is 3. The van der Waals surface area contributed by atoms with Crippen LogP contribution in [-0.2, 0) is 16.0 Å². The van der Waals surface area contributed by atoms with Gasteiger partial charge in [0.2, 0.25) is 17.7 Å². The van der Waals surface area contributed by atoms with Crippen LogP contribution in [0.1, 0.15) is 62.3 Å². The van der Waals surface area contributed by atoms with Crippen molar-refractivity contribution in [3.05, 3.63) is 41.6 Å². The molecule has 3 heterocycles. The number of hydrogen-bond donors (Lipinski definition) is 0. The van der Waals surface area contributed by atoms with Gasteiger partial charge in [-0.3, -0.25) is 4.79 Å². The second-order valence-corrected chi connectivity index (χ2v) is 8.78. The van der Waals surface area contributed by atoms with Crippen molar-refractivity contribution in [3.8, 4) is 5.75 Å². The van der Waals surface area contributed by atoms with Crippen molar-refractivity contribution in [3.63, 3.8) is 0 Å². The molecule has 1 aromatic carbocycles. The van der Waals surface area contributed by atoms with Gasteiger partial charge in [-0.15, -0.1) is 10.2 Å². The predicted octanol–water partition coefficient (Wildman–Crippen LogP) is 3.56. The standard InChI is InChI=1S/C23H31N3O4/c1-16(2)21-24-25-22(30-21)19-14-26(15-23(19)10-12-29-13-11-23)20(27)9-6-17-4-7-18(28-3)8-5-17/h4-5,7-8,16,19H,6,9-15H2,1-3H3. The van der Waals surface area contributed by atoms with E-state index in [-0.39, 0.29) is 23.2 Å². The van der Waals surface area contributed by atoms with Crippen LogP contribution in [0.25, 0.3) is 0 Å². The molecule has 30 heavy (non-hydrogen) atoms. The SMILES string of the molecule is COc1ccc(CCC(=O)N2CC(c3nnc(C(C)C)o3)C3(CCOCC3)C2)cc1. The summed E-state index contributed by atoms with van der Waals surface area (Å²) >= 11 is 0. The fourth-order valence-corrected chi connectivity index (χ4v) is 4.61. The topological polar surface area (TPSA) is 77.7 Å². The molecular formula is C23H31N3O4. The number of methoxy groups -OCH3 is 1. The van der Waals surface area contributed by atoms with E-state index in [1.165, 1.54) is 0 Å². The van der Waals surface area contributed by atoms with Gasteiger partial charge in [0.25, 0.3) is 0 Å². The molecule has 1 amide bonds. The number of aryl methyl sites for hydroxylation is 1. The fourth-order valence-electron chi connectivity index (χ4n) is 4.61. The molecule has 7 nitrogen and oxygen atoms in total. The fraction of sp³-hybridized carbons (Fsp3) is 0.609. The van der Waals surface area contributed by atoms with Gasteiger partial charge in [-0.05, 0) is 37.0 Å². The number of rotatable bonds is 6. The maximum absolute atomic E-state index is 13.1. The van der Waals surface area contributed by atoms with Gasteiger partial charge >= 0.3 is 0 Å². The van der Waals surface area contributed by atoms with Gasteiger partial charge in [0.15, 0.2) is 0 Å². The molecule has 4 rings (SSSR count). The summed E-state index contributed by atoms with van der Waals surface area (Å²) < 4.78 is 16.9. The van der Waals surface area contributed by atoms with Gasteiger partial charge in [0.05, 0.1) is 13.0 Å². The van der Waals surface area contributed by atoms with Crippen LogP contribution in [0.2, 0.25) is 0 Å². The zero-order chi connectivity index (χ0) is 21.1. The molecule has 2 fully saturated rings. The third-order valence-electron chi connectivity index (χ3n) is 6.52. The number of benzene rings is 1. The minimum atomic E-state index is -0.0329. The zero-order valence-corrected chi connectivity index (χ0v) is 18.1. The quantitative estimate of drug-likeness (QED) is 0.721. The number of carbonyl (C=O) groups excluding carboxylic acids is 1. The Hall–Kier alpha value is -2.41. The molecule has 7 heteroatoms. The van der Waals surface area contributed by atoms with E-state index in [0.717, 1.165) is 50.3 Å². The van der Waals surface area contributed by atoms with Crippen molar-refractivity contribution in [2.24, 2.45) is 5.41 Å². The van der Waals surface area contributed by atoms with Crippen LogP contribution in [0, 0.1) is 5.41 Å². The summed E-state index contributed by atoms with van der Waals surface area (Å²) in [6, 6.07) is 7.91. The van der Waals surface area contributed by atoms with Crippen LogP contribution in [-0.4, -0.2) is 54.4 Å². The zero-order valence-electron chi connectivity index (χ0n) is 18.1. The van der Waals surface area contributed by atoms with E-state index in [9.17, 15) is 4.79 Å². The summed E-state index contributed by atoms with van der Waals surface area (Å²) in [5, 5.41) is 8.60. The predicted molar refractivity (Wildman–Crippen MR) is 112 cm³/mol. The van der Waals surface area contributed by atoms with Crippen LogP contribution < -0.4 is 4.74 Å². The first kappa shape index (κ1) is 20.8. The Kier molecular flexibility index (Phi) is 6.09. The minimum absolute atomic E-state index is 0.0329. The van der Waals surface area contributed by atoms with Crippen molar-refractivity contribution in [2.45, 2.75) is 51.4 Å². The molecular weight excluding hydrogens is 382 g/mol. The maximum atomic E-state index is 13.1. The van der Waals surface area contributed by atoms with Crippen LogP contribution in [0.5, 0.6) is 5.75 Å². The highest BCUT2D eigenvalue weighted by Gasteiger charge is 2.51. The lowest BCUT2D eigenvalue weighted by atomic mass is 9.72. The van der Waals surface area contributed by atoms with Gasteiger partial charge in [0.1, 0.15) is 5.75 Å². The molecule has 162 valence electrons. The first-order valence-electron chi connectivity index (χ1n) is 10.8. The highest BCUT2D eigenvalue weighted by atomic mass is 16.5. The van der Waals surface area contributed by atoms with E-state index in [1.54, 1.807) is 7.11 Å². The molecule has 2 aliphatic rings. The molecule has 1 atom stereocenters. The summed E-state index contributed by atoms with van der Waals surface area (Å²) in [6.07, 6.45) is 3.05. The largest absolute Gasteiger partial charge is 0.497 e. The Balaban J connectivity index is 1.46. The van der Waals surface area contributed by atoms with E-state index in [0.29, 0.717) is 24.7 Å². The maximum Gasteiger partial charge on any atom is 0.222 e. The van der Waals surface area contributed by atoms with E-state index in [1.807, 2.05) is 43.0 Å². The molecule has 0 aliphatic carbocycles. The van der Waals surface area contributed by atoms with Crippen molar-refractivity contribution in [1.82, 2.24) is 15.1 Å². The van der Waals surface area contributed by atoms with Crippen LogP contribution in [0.3, 0.4) is 0 Å². The molecule has 0 bridgehead atoms. The smallest absolute Gasteiger partial charge is 0.222 e. The lowest BCUT2D eigenvalue weighted by Crippen LogP contribution is -2.37. The number of carbonyl (C=O) groups is 1. The van der Waals surface area contributed by atoms with E-state index < -0.39 is 0 Å². The summed E-state index contributed by atoms with van der Waals surface area (Å²) in [6.45, 7) is 6.91.